The number of aliphatic hydroxyl groups is 1. The Labute approximate surface area is 323 Å². The third-order valence-electron chi connectivity index (χ3n) is 11.2. The summed E-state index contributed by atoms with van der Waals surface area (Å²) in [6.07, 6.45) is 61.2. The van der Waals surface area contributed by atoms with Crippen LogP contribution in [0.5, 0.6) is 0 Å². The summed E-state index contributed by atoms with van der Waals surface area (Å²) in [6.45, 7) is 4.93. The number of aliphatic hydroxyl groups excluding tert-OH is 1. The van der Waals surface area contributed by atoms with Crippen LogP contribution in [0.4, 0.5) is 0 Å². The molecule has 0 spiro atoms. The lowest BCUT2D eigenvalue weighted by atomic mass is 10.0. The second-order valence-corrected chi connectivity index (χ2v) is 16.4. The molecule has 0 fully saturated rings. The van der Waals surface area contributed by atoms with Crippen LogP contribution in [0.2, 0.25) is 0 Å². The third kappa shape index (κ3) is 49.9. The Morgan fingerprint density at radius 3 is 0.588 bits per heavy atom. The van der Waals surface area contributed by atoms with Crippen LogP contribution in [-0.2, 0) is 9.47 Å². The average molecular weight is 723 g/mol. The molecule has 308 valence electrons. The molecule has 0 aliphatic rings. The van der Waals surface area contributed by atoms with Crippen LogP contribution in [0.3, 0.4) is 0 Å². The van der Waals surface area contributed by atoms with Crippen molar-refractivity contribution in [2.75, 3.05) is 33.0 Å². The van der Waals surface area contributed by atoms with Crippen molar-refractivity contribution < 1.29 is 14.6 Å². The fourth-order valence-corrected chi connectivity index (χ4v) is 7.73. The lowest BCUT2D eigenvalue weighted by Crippen LogP contribution is -2.07. The van der Waals surface area contributed by atoms with Crippen LogP contribution in [0.1, 0.15) is 277 Å². The lowest BCUT2D eigenvalue weighted by molar-refractivity contribution is 0.0321. The normalized spacial score (nSPS) is 11.6. The van der Waals surface area contributed by atoms with Crippen LogP contribution in [0, 0.1) is 0 Å². The summed E-state index contributed by atoms with van der Waals surface area (Å²) in [4.78, 5) is 0. The minimum Gasteiger partial charge on any atom is -0.394 e. The molecule has 0 bridgehead atoms. The van der Waals surface area contributed by atoms with E-state index in [1.807, 2.05) is 0 Å². The first-order valence-electron chi connectivity index (χ1n) is 24.2. The van der Waals surface area contributed by atoms with E-state index in [1.54, 1.807) is 0 Å². The van der Waals surface area contributed by atoms with Gasteiger partial charge in [0.25, 0.3) is 0 Å². The van der Waals surface area contributed by atoms with Gasteiger partial charge < -0.3 is 14.6 Å². The number of hydrogen-bond donors (Lipinski definition) is 1. The Balaban J connectivity index is 3.04. The van der Waals surface area contributed by atoms with Gasteiger partial charge in [-0.05, 0) is 6.42 Å². The minimum absolute atomic E-state index is 0.0970. The van der Waals surface area contributed by atoms with E-state index < -0.39 is 0 Å². The molecule has 0 aromatic rings. The van der Waals surface area contributed by atoms with E-state index >= 15 is 0 Å². The molecule has 1 N–H and O–H groups in total. The molecule has 0 rings (SSSR count). The summed E-state index contributed by atoms with van der Waals surface area (Å²) in [5.41, 5.74) is 0. The average Bonchev–Trinajstić information content (AvgIpc) is 3.14. The predicted octanol–water partition coefficient (Wildman–Crippen LogP) is 16.4. The molecule has 0 aliphatic heterocycles. The summed E-state index contributed by atoms with van der Waals surface area (Å²) in [5.74, 6) is 0. The maximum Gasteiger partial charge on any atom is 0.0701 e. The molecule has 0 unspecified atom stereocenters. The van der Waals surface area contributed by atoms with Gasteiger partial charge in [-0.15, -0.1) is 0 Å². The fourth-order valence-electron chi connectivity index (χ4n) is 7.73. The molecular formula is C48H98O3. The molecule has 0 heterocycles. The SMILES string of the molecule is CCCCCCCCCCCCCCCCCCCCCCCCCCCCCCCCCCCCCCCCCCCCOCCOCCO. The Morgan fingerprint density at radius 2 is 0.392 bits per heavy atom. The number of unbranched alkanes of at least 4 members (excludes halogenated alkanes) is 41. The zero-order chi connectivity index (χ0) is 36.6. The van der Waals surface area contributed by atoms with Gasteiger partial charge in [-0.1, -0.05) is 270 Å². The molecule has 0 aliphatic carbocycles. The van der Waals surface area contributed by atoms with Gasteiger partial charge in [0, 0.05) is 6.61 Å². The Bertz CT molecular complexity index is 519. The number of hydrogen-bond acceptors (Lipinski definition) is 3. The van der Waals surface area contributed by atoms with Crippen LogP contribution >= 0.6 is 0 Å². The van der Waals surface area contributed by atoms with E-state index in [1.165, 1.54) is 270 Å². The number of rotatable bonds is 48. The zero-order valence-corrected chi connectivity index (χ0v) is 35.5. The van der Waals surface area contributed by atoms with Crippen molar-refractivity contribution in [1.82, 2.24) is 0 Å². The second kappa shape index (κ2) is 49.9. The van der Waals surface area contributed by atoms with E-state index in [9.17, 15) is 0 Å². The highest BCUT2D eigenvalue weighted by atomic mass is 16.5. The van der Waals surface area contributed by atoms with Gasteiger partial charge in [0.1, 0.15) is 0 Å². The summed E-state index contributed by atoms with van der Waals surface area (Å²) in [7, 11) is 0. The third-order valence-corrected chi connectivity index (χ3v) is 11.2. The van der Waals surface area contributed by atoms with Crippen LogP contribution in [0.15, 0.2) is 0 Å². The molecule has 3 nitrogen and oxygen atoms in total. The lowest BCUT2D eigenvalue weighted by Gasteiger charge is -2.05. The van der Waals surface area contributed by atoms with Crippen LogP contribution in [-0.4, -0.2) is 38.1 Å². The van der Waals surface area contributed by atoms with Crippen molar-refractivity contribution >= 4 is 0 Å². The zero-order valence-electron chi connectivity index (χ0n) is 35.5. The van der Waals surface area contributed by atoms with Crippen LogP contribution < -0.4 is 0 Å². The summed E-state index contributed by atoms with van der Waals surface area (Å²) < 4.78 is 10.7. The first kappa shape index (κ1) is 50.9. The molecule has 51 heavy (non-hydrogen) atoms. The van der Waals surface area contributed by atoms with Gasteiger partial charge in [0.2, 0.25) is 0 Å². The highest BCUT2D eigenvalue weighted by Crippen LogP contribution is 2.18. The molecular weight excluding hydrogens is 625 g/mol. The predicted molar refractivity (Wildman–Crippen MR) is 228 cm³/mol. The van der Waals surface area contributed by atoms with Gasteiger partial charge in [-0.2, -0.15) is 0 Å². The maximum absolute atomic E-state index is 8.65. The molecule has 0 amide bonds. The monoisotopic (exact) mass is 723 g/mol. The van der Waals surface area contributed by atoms with Crippen LogP contribution in [0.25, 0.3) is 0 Å². The smallest absolute Gasteiger partial charge is 0.0701 e. The highest BCUT2D eigenvalue weighted by Gasteiger charge is 1.99. The van der Waals surface area contributed by atoms with Crippen molar-refractivity contribution in [3.05, 3.63) is 0 Å². The van der Waals surface area contributed by atoms with Gasteiger partial charge >= 0.3 is 0 Å². The van der Waals surface area contributed by atoms with Crippen molar-refractivity contribution in [2.24, 2.45) is 0 Å². The number of ether oxygens (including phenoxy) is 2. The van der Waals surface area contributed by atoms with E-state index in [0.717, 1.165) is 6.61 Å². The van der Waals surface area contributed by atoms with E-state index in [4.69, 9.17) is 14.6 Å². The standard InChI is InChI=1S/C48H98O3/c1-2-3-4-5-6-7-8-9-10-11-12-13-14-15-16-17-18-19-20-21-22-23-24-25-26-27-28-29-30-31-32-33-34-35-36-37-38-39-40-41-42-43-45-50-47-48-51-46-44-49/h49H,2-48H2,1H3. The molecule has 0 aromatic heterocycles. The van der Waals surface area contributed by atoms with Crippen molar-refractivity contribution in [3.63, 3.8) is 0 Å². The largest absolute Gasteiger partial charge is 0.394 e. The van der Waals surface area contributed by atoms with Gasteiger partial charge in [-0.3, -0.25) is 0 Å². The Kier molecular flexibility index (Phi) is 49.8. The molecule has 0 aromatic carbocycles. The molecule has 0 radical (unpaired) electrons. The fraction of sp³-hybridized carbons (Fsp3) is 1.00. The first-order chi connectivity index (χ1) is 25.4. The molecule has 0 saturated carbocycles. The topological polar surface area (TPSA) is 38.7 Å². The first-order valence-corrected chi connectivity index (χ1v) is 24.2. The molecule has 3 heteroatoms. The molecule has 0 atom stereocenters. The van der Waals surface area contributed by atoms with Crippen molar-refractivity contribution in [2.45, 2.75) is 277 Å². The van der Waals surface area contributed by atoms with E-state index in [-0.39, 0.29) is 6.61 Å². The Hall–Kier alpha value is -0.120. The van der Waals surface area contributed by atoms with E-state index in [0.29, 0.717) is 19.8 Å². The quantitative estimate of drug-likeness (QED) is 0.0636. The minimum atomic E-state index is 0.0970. The van der Waals surface area contributed by atoms with Crippen molar-refractivity contribution in [1.29, 1.82) is 0 Å². The van der Waals surface area contributed by atoms with Gasteiger partial charge in [-0.25, -0.2) is 0 Å². The van der Waals surface area contributed by atoms with Gasteiger partial charge in [0.05, 0.1) is 26.4 Å². The second-order valence-electron chi connectivity index (χ2n) is 16.4. The maximum atomic E-state index is 8.65. The summed E-state index contributed by atoms with van der Waals surface area (Å²) >= 11 is 0. The molecule has 0 saturated heterocycles. The highest BCUT2D eigenvalue weighted by molar-refractivity contribution is 4.54. The summed E-state index contributed by atoms with van der Waals surface area (Å²) in [6, 6.07) is 0. The Morgan fingerprint density at radius 1 is 0.216 bits per heavy atom. The van der Waals surface area contributed by atoms with E-state index in [2.05, 4.69) is 6.92 Å². The van der Waals surface area contributed by atoms with Crippen molar-refractivity contribution in [3.8, 4) is 0 Å². The van der Waals surface area contributed by atoms with Gasteiger partial charge in [0.15, 0.2) is 0 Å². The summed E-state index contributed by atoms with van der Waals surface area (Å²) in [5, 5.41) is 8.65.